The number of ether oxygens (including phenoxy) is 1. The highest BCUT2D eigenvalue weighted by atomic mass is 16.5. The van der Waals surface area contributed by atoms with Gasteiger partial charge in [0.25, 0.3) is 0 Å². The van der Waals surface area contributed by atoms with Gasteiger partial charge in [-0.25, -0.2) is 0 Å². The summed E-state index contributed by atoms with van der Waals surface area (Å²) in [5, 5.41) is 8.02. The lowest BCUT2D eigenvalue weighted by Gasteiger charge is -2.36. The molecule has 5 heterocycles. The van der Waals surface area contributed by atoms with Crippen LogP contribution in [0.3, 0.4) is 0 Å². The number of amides is 2. The molecule has 190 valence electrons. The van der Waals surface area contributed by atoms with E-state index >= 15 is 0 Å². The van der Waals surface area contributed by atoms with Crippen LogP contribution in [0.2, 0.25) is 0 Å². The number of allylic oxidation sites excluding steroid dienone is 4. The predicted molar refractivity (Wildman–Crippen MR) is 137 cm³/mol. The predicted octanol–water partition coefficient (Wildman–Crippen LogP) is 2.65. The second-order valence-corrected chi connectivity index (χ2v) is 10.4. The van der Waals surface area contributed by atoms with Gasteiger partial charge in [-0.15, -0.1) is 0 Å². The highest BCUT2D eigenvalue weighted by Gasteiger charge is 2.35. The van der Waals surface area contributed by atoms with Crippen LogP contribution in [0.5, 0.6) is 0 Å². The van der Waals surface area contributed by atoms with E-state index in [1.165, 1.54) is 35.0 Å². The van der Waals surface area contributed by atoms with Crippen LogP contribution in [0, 0.1) is 5.92 Å². The average molecular weight is 491 g/mol. The number of dihydropyridines is 1. The van der Waals surface area contributed by atoms with E-state index in [4.69, 9.17) is 9.84 Å². The lowest BCUT2D eigenvalue weighted by molar-refractivity contribution is -0.129. The minimum absolute atomic E-state index is 0.0513. The van der Waals surface area contributed by atoms with Crippen molar-refractivity contribution in [1.29, 1.82) is 0 Å². The van der Waals surface area contributed by atoms with Crippen LogP contribution < -0.4 is 10.2 Å². The zero-order valence-corrected chi connectivity index (χ0v) is 21.1. The zero-order valence-electron chi connectivity index (χ0n) is 21.1. The fourth-order valence-corrected chi connectivity index (χ4v) is 5.99. The molecule has 0 aromatic carbocycles. The third-order valence-corrected chi connectivity index (χ3v) is 7.98. The first-order chi connectivity index (χ1) is 17.5. The molecular formula is C27H34N6O3. The number of aliphatic imine (C=N–C) groups is 1. The first kappa shape index (κ1) is 23.2. The molecule has 1 saturated heterocycles. The summed E-state index contributed by atoms with van der Waals surface area (Å²) in [5.41, 5.74) is 6.40. The Balaban J connectivity index is 1.26. The Kier molecular flexibility index (Phi) is 6.03. The summed E-state index contributed by atoms with van der Waals surface area (Å²) < 4.78 is 7.66. The Morgan fingerprint density at radius 2 is 2.03 bits per heavy atom. The average Bonchev–Trinajstić information content (AvgIpc) is 3.20. The molecule has 1 fully saturated rings. The quantitative estimate of drug-likeness (QED) is 0.701. The maximum atomic E-state index is 12.2. The van der Waals surface area contributed by atoms with Crippen molar-refractivity contribution >= 4 is 23.8 Å². The van der Waals surface area contributed by atoms with Crippen LogP contribution in [-0.2, 0) is 27.3 Å². The van der Waals surface area contributed by atoms with Crippen molar-refractivity contribution in [2.45, 2.75) is 64.7 Å². The third-order valence-electron chi connectivity index (χ3n) is 7.98. The number of anilines is 1. The number of nitrogens with one attached hydrogen (secondary N) is 1. The number of carbonyl (C=O) groups excluding carboxylic acids is 2. The van der Waals surface area contributed by atoms with Crippen LogP contribution in [-0.4, -0.2) is 65.2 Å². The van der Waals surface area contributed by atoms with E-state index in [9.17, 15) is 9.59 Å². The topological polar surface area (TPSA) is 92.1 Å². The van der Waals surface area contributed by atoms with Crippen LogP contribution in [0.15, 0.2) is 40.1 Å². The number of nitrogens with zero attached hydrogens (tertiary/aromatic N) is 5. The van der Waals surface area contributed by atoms with E-state index in [1.54, 1.807) is 6.92 Å². The van der Waals surface area contributed by atoms with Gasteiger partial charge in [0.1, 0.15) is 6.17 Å². The monoisotopic (exact) mass is 490 g/mol. The Morgan fingerprint density at radius 1 is 1.17 bits per heavy atom. The van der Waals surface area contributed by atoms with Crippen molar-refractivity contribution in [2.75, 3.05) is 31.2 Å². The van der Waals surface area contributed by atoms with E-state index in [0.717, 1.165) is 51.0 Å². The number of hydrogen-bond donors (Lipinski definition) is 1. The molecule has 1 aromatic rings. The van der Waals surface area contributed by atoms with Gasteiger partial charge < -0.3 is 19.9 Å². The fourth-order valence-electron chi connectivity index (χ4n) is 5.99. The summed E-state index contributed by atoms with van der Waals surface area (Å²) in [4.78, 5) is 32.4. The molecule has 1 N–H and O–H groups in total. The summed E-state index contributed by atoms with van der Waals surface area (Å²) in [7, 11) is 0. The van der Waals surface area contributed by atoms with Gasteiger partial charge in [-0.1, -0.05) is 12.2 Å². The number of hydrogen-bond acceptors (Lipinski definition) is 6. The lowest BCUT2D eigenvalue weighted by atomic mass is 9.82. The first-order valence-electron chi connectivity index (χ1n) is 13.1. The third kappa shape index (κ3) is 4.19. The van der Waals surface area contributed by atoms with Crippen molar-refractivity contribution in [3.05, 3.63) is 46.3 Å². The SMILES string of the molecule is CC(=O)NC1CC=C(C2C=CC3=C(CCCN3c3nn(C4COC4)c4c3CN(C(C)=O)CC4)C2)C=N1. The van der Waals surface area contributed by atoms with E-state index in [-0.39, 0.29) is 18.0 Å². The van der Waals surface area contributed by atoms with Crippen molar-refractivity contribution < 1.29 is 14.3 Å². The van der Waals surface area contributed by atoms with Gasteiger partial charge in [0.15, 0.2) is 5.82 Å². The summed E-state index contributed by atoms with van der Waals surface area (Å²) >= 11 is 0. The van der Waals surface area contributed by atoms with Gasteiger partial charge in [0.2, 0.25) is 11.8 Å². The molecule has 9 heteroatoms. The number of carbonyl (C=O) groups is 2. The Labute approximate surface area is 211 Å². The van der Waals surface area contributed by atoms with E-state index in [0.29, 0.717) is 31.7 Å². The van der Waals surface area contributed by atoms with Crippen molar-refractivity contribution in [3.8, 4) is 0 Å². The van der Waals surface area contributed by atoms with Gasteiger partial charge >= 0.3 is 0 Å². The van der Waals surface area contributed by atoms with Crippen molar-refractivity contribution in [1.82, 2.24) is 20.0 Å². The molecule has 9 nitrogen and oxygen atoms in total. The summed E-state index contributed by atoms with van der Waals surface area (Å²) in [6.07, 6.45) is 13.3. The molecule has 6 rings (SSSR count). The van der Waals surface area contributed by atoms with E-state index in [1.807, 2.05) is 11.1 Å². The first-order valence-corrected chi connectivity index (χ1v) is 13.1. The molecule has 5 aliphatic rings. The van der Waals surface area contributed by atoms with Gasteiger partial charge in [-0.05, 0) is 36.5 Å². The number of rotatable bonds is 4. The van der Waals surface area contributed by atoms with Crippen molar-refractivity contribution in [3.63, 3.8) is 0 Å². The highest BCUT2D eigenvalue weighted by Crippen LogP contribution is 2.40. The largest absolute Gasteiger partial charge is 0.377 e. The Morgan fingerprint density at radius 3 is 2.72 bits per heavy atom. The number of fused-ring (bicyclic) bond motifs is 1. The van der Waals surface area contributed by atoms with Crippen LogP contribution in [0.4, 0.5) is 5.82 Å². The molecule has 2 atom stereocenters. The highest BCUT2D eigenvalue weighted by molar-refractivity contribution is 5.82. The standard InChI is InChI=1S/C27H34N6O3/c1-17(34)29-26-8-6-21(13-28-26)19-5-7-24-20(12-19)4-3-10-32(24)27-23-14-31(18(2)35)11-9-25(23)33(30-27)22-15-36-16-22/h5-7,13,19,22,26H,3-4,8-12,14-16H2,1-2H3,(H,29,34). The molecule has 0 radical (unpaired) electrons. The molecular weight excluding hydrogens is 456 g/mol. The second-order valence-electron chi connectivity index (χ2n) is 10.4. The Hall–Kier alpha value is -3.20. The normalized spacial score (nSPS) is 25.8. The van der Waals surface area contributed by atoms with E-state index in [2.05, 4.69) is 38.1 Å². The fraction of sp³-hybridized carbons (Fsp3) is 0.556. The Bertz CT molecular complexity index is 1200. The zero-order chi connectivity index (χ0) is 24.8. The molecule has 2 unspecified atom stereocenters. The van der Waals surface area contributed by atoms with Crippen molar-refractivity contribution in [2.24, 2.45) is 10.9 Å². The molecule has 2 amide bonds. The maximum Gasteiger partial charge on any atom is 0.219 e. The minimum atomic E-state index is -0.157. The summed E-state index contributed by atoms with van der Waals surface area (Å²) in [5.74, 6) is 1.38. The molecule has 1 aliphatic carbocycles. The molecule has 36 heavy (non-hydrogen) atoms. The van der Waals surface area contributed by atoms with Gasteiger partial charge in [-0.3, -0.25) is 19.3 Å². The molecule has 0 bridgehead atoms. The van der Waals surface area contributed by atoms with Crippen LogP contribution in [0.1, 0.15) is 56.8 Å². The summed E-state index contributed by atoms with van der Waals surface area (Å²) in [6, 6.07) is 0.291. The lowest BCUT2D eigenvalue weighted by Crippen LogP contribution is -2.37. The smallest absolute Gasteiger partial charge is 0.219 e. The van der Waals surface area contributed by atoms with Crippen LogP contribution >= 0.6 is 0 Å². The van der Waals surface area contributed by atoms with Crippen LogP contribution in [0.25, 0.3) is 0 Å². The molecule has 0 saturated carbocycles. The van der Waals surface area contributed by atoms with E-state index < -0.39 is 0 Å². The minimum Gasteiger partial charge on any atom is -0.377 e. The van der Waals surface area contributed by atoms with Gasteiger partial charge in [0, 0.05) is 68.9 Å². The van der Waals surface area contributed by atoms with Gasteiger partial charge in [-0.2, -0.15) is 5.10 Å². The maximum absolute atomic E-state index is 12.2. The molecule has 0 spiro atoms. The molecule has 1 aromatic heterocycles. The second kappa shape index (κ2) is 9.35. The van der Waals surface area contributed by atoms with Gasteiger partial charge in [0.05, 0.1) is 25.8 Å². The molecule has 4 aliphatic heterocycles. The summed E-state index contributed by atoms with van der Waals surface area (Å²) in [6.45, 7) is 6.90. The number of aromatic nitrogens is 2.